The molecule has 0 radical (unpaired) electrons. The molecule has 0 fully saturated rings. The molecule has 3 nitrogen and oxygen atoms in total. The second-order valence-corrected chi connectivity index (χ2v) is 4.14. The van der Waals surface area contributed by atoms with Crippen LogP contribution >= 0.6 is 0 Å². The molecule has 0 aliphatic rings. The van der Waals surface area contributed by atoms with Crippen molar-refractivity contribution >= 4 is 17.3 Å². The lowest BCUT2D eigenvalue weighted by Gasteiger charge is -2.18. The van der Waals surface area contributed by atoms with Gasteiger partial charge in [-0.05, 0) is 36.4 Å². The minimum Gasteiger partial charge on any atom is -0.388 e. The summed E-state index contributed by atoms with van der Waals surface area (Å²) < 4.78 is 13.6. The molecule has 0 aromatic heterocycles. The van der Waals surface area contributed by atoms with Gasteiger partial charge in [0.1, 0.15) is 5.82 Å². The van der Waals surface area contributed by atoms with Crippen molar-refractivity contribution in [2.45, 2.75) is 0 Å². The molecule has 0 spiro atoms. The number of hydrogen-bond donors (Lipinski definition) is 1. The Morgan fingerprint density at radius 3 is 2.32 bits per heavy atom. The molecule has 19 heavy (non-hydrogen) atoms. The second-order valence-electron chi connectivity index (χ2n) is 4.14. The molecule has 1 amide bonds. The van der Waals surface area contributed by atoms with Crippen LogP contribution in [0.1, 0.15) is 10.4 Å². The number of benzene rings is 2. The molecule has 0 bridgehead atoms. The summed E-state index contributed by atoms with van der Waals surface area (Å²) in [7, 11) is 3.37. The van der Waals surface area contributed by atoms with Crippen LogP contribution in [0.5, 0.6) is 0 Å². The van der Waals surface area contributed by atoms with E-state index in [0.29, 0.717) is 5.56 Å². The monoisotopic (exact) mass is 258 g/mol. The first-order valence-corrected chi connectivity index (χ1v) is 5.94. The summed E-state index contributed by atoms with van der Waals surface area (Å²) in [5.41, 5.74) is 1.71. The fourth-order valence-corrected chi connectivity index (χ4v) is 1.81. The van der Waals surface area contributed by atoms with Gasteiger partial charge in [-0.25, -0.2) is 4.39 Å². The number of anilines is 2. The van der Waals surface area contributed by atoms with E-state index >= 15 is 0 Å². The molecule has 2 rings (SSSR count). The maximum atomic E-state index is 13.6. The van der Waals surface area contributed by atoms with E-state index in [1.54, 1.807) is 37.4 Å². The Morgan fingerprint density at radius 1 is 1.11 bits per heavy atom. The van der Waals surface area contributed by atoms with E-state index in [1.807, 2.05) is 19.2 Å². The lowest BCUT2D eigenvalue weighted by molar-refractivity contribution is 0.0992. The number of amides is 1. The number of rotatable bonds is 3. The quantitative estimate of drug-likeness (QED) is 0.917. The van der Waals surface area contributed by atoms with E-state index in [2.05, 4.69) is 5.32 Å². The zero-order valence-corrected chi connectivity index (χ0v) is 10.9. The number of para-hydroxylation sites is 1. The highest BCUT2D eigenvalue weighted by Crippen LogP contribution is 2.20. The van der Waals surface area contributed by atoms with Gasteiger partial charge in [0.2, 0.25) is 0 Å². The first kappa shape index (κ1) is 13.1. The second kappa shape index (κ2) is 5.52. The third-order valence-corrected chi connectivity index (χ3v) is 2.94. The predicted octanol–water partition coefficient (Wildman–Crippen LogP) is 3.14. The Labute approximate surface area is 111 Å². The third-order valence-electron chi connectivity index (χ3n) is 2.94. The van der Waals surface area contributed by atoms with Gasteiger partial charge >= 0.3 is 0 Å². The molecule has 0 unspecified atom stereocenters. The molecule has 0 saturated carbocycles. The van der Waals surface area contributed by atoms with E-state index in [4.69, 9.17) is 0 Å². The molecule has 2 aromatic carbocycles. The highest BCUT2D eigenvalue weighted by Gasteiger charge is 2.15. The fourth-order valence-electron chi connectivity index (χ4n) is 1.81. The van der Waals surface area contributed by atoms with Crippen LogP contribution < -0.4 is 10.2 Å². The van der Waals surface area contributed by atoms with Crippen LogP contribution in [0.15, 0.2) is 48.5 Å². The third kappa shape index (κ3) is 2.73. The van der Waals surface area contributed by atoms with E-state index in [1.165, 1.54) is 11.0 Å². The van der Waals surface area contributed by atoms with Gasteiger partial charge in [-0.15, -0.1) is 0 Å². The SMILES string of the molecule is CNc1ccc(C(=O)N(C)c2ccccc2F)cc1. The van der Waals surface area contributed by atoms with Crippen molar-refractivity contribution in [3.8, 4) is 0 Å². The first-order chi connectivity index (χ1) is 9.13. The van der Waals surface area contributed by atoms with Crippen LogP contribution in [0.2, 0.25) is 0 Å². The lowest BCUT2D eigenvalue weighted by Crippen LogP contribution is -2.27. The first-order valence-electron chi connectivity index (χ1n) is 5.94. The average molecular weight is 258 g/mol. The number of carbonyl (C=O) groups excluding carboxylic acids is 1. The molecule has 2 aromatic rings. The minimum absolute atomic E-state index is 0.243. The highest BCUT2D eigenvalue weighted by molar-refractivity contribution is 6.05. The fraction of sp³-hybridized carbons (Fsp3) is 0.133. The smallest absolute Gasteiger partial charge is 0.258 e. The Balaban J connectivity index is 2.26. The summed E-state index contributed by atoms with van der Waals surface area (Å²) in [5, 5.41) is 2.98. The largest absolute Gasteiger partial charge is 0.388 e. The molecule has 0 aliphatic heterocycles. The minimum atomic E-state index is -0.412. The molecule has 0 heterocycles. The van der Waals surface area contributed by atoms with Crippen molar-refractivity contribution in [3.63, 3.8) is 0 Å². The lowest BCUT2D eigenvalue weighted by atomic mass is 10.1. The number of nitrogens with one attached hydrogen (secondary N) is 1. The maximum Gasteiger partial charge on any atom is 0.258 e. The van der Waals surface area contributed by atoms with Crippen molar-refractivity contribution in [3.05, 3.63) is 59.9 Å². The zero-order chi connectivity index (χ0) is 13.8. The van der Waals surface area contributed by atoms with Gasteiger partial charge in [-0.1, -0.05) is 12.1 Å². The number of hydrogen-bond acceptors (Lipinski definition) is 2. The number of halogens is 1. The summed E-state index contributed by atoms with van der Waals surface area (Å²) in [6.07, 6.45) is 0. The van der Waals surface area contributed by atoms with E-state index < -0.39 is 5.82 Å². The van der Waals surface area contributed by atoms with Gasteiger partial charge in [0.15, 0.2) is 0 Å². The zero-order valence-electron chi connectivity index (χ0n) is 10.9. The van der Waals surface area contributed by atoms with Crippen LogP contribution in [0.25, 0.3) is 0 Å². The molecule has 0 atom stereocenters. The molecule has 1 N–H and O–H groups in total. The van der Waals surface area contributed by atoms with Crippen LogP contribution in [-0.4, -0.2) is 20.0 Å². The maximum absolute atomic E-state index is 13.6. The van der Waals surface area contributed by atoms with Gasteiger partial charge < -0.3 is 10.2 Å². The van der Waals surface area contributed by atoms with Gasteiger partial charge in [0.05, 0.1) is 5.69 Å². The summed E-state index contributed by atoms with van der Waals surface area (Å²) >= 11 is 0. The topological polar surface area (TPSA) is 32.3 Å². The van der Waals surface area contributed by atoms with Gasteiger partial charge in [-0.3, -0.25) is 4.79 Å². The summed E-state index contributed by atoms with van der Waals surface area (Å²) in [4.78, 5) is 13.5. The molecular formula is C15H15FN2O. The normalized spacial score (nSPS) is 10.1. The Bertz CT molecular complexity index is 581. The Kier molecular flexibility index (Phi) is 3.80. The van der Waals surface area contributed by atoms with Crippen molar-refractivity contribution < 1.29 is 9.18 Å². The predicted molar refractivity (Wildman–Crippen MR) is 75.1 cm³/mol. The average Bonchev–Trinajstić information content (AvgIpc) is 2.46. The van der Waals surface area contributed by atoms with Crippen LogP contribution in [0.4, 0.5) is 15.8 Å². The van der Waals surface area contributed by atoms with Crippen molar-refractivity contribution in [2.75, 3.05) is 24.3 Å². The molecule has 0 saturated heterocycles. The Hall–Kier alpha value is -2.36. The van der Waals surface area contributed by atoms with E-state index in [-0.39, 0.29) is 11.6 Å². The summed E-state index contributed by atoms with van der Waals surface area (Å²) in [6, 6.07) is 13.3. The van der Waals surface area contributed by atoms with Crippen molar-refractivity contribution in [1.29, 1.82) is 0 Å². The van der Waals surface area contributed by atoms with Crippen molar-refractivity contribution in [2.24, 2.45) is 0 Å². The van der Waals surface area contributed by atoms with Gasteiger partial charge in [-0.2, -0.15) is 0 Å². The van der Waals surface area contributed by atoms with E-state index in [0.717, 1.165) is 5.69 Å². The molecule has 0 aliphatic carbocycles. The summed E-state index contributed by atoms with van der Waals surface area (Å²) in [5.74, 6) is -0.655. The molecular weight excluding hydrogens is 243 g/mol. The molecule has 4 heteroatoms. The highest BCUT2D eigenvalue weighted by atomic mass is 19.1. The van der Waals surface area contributed by atoms with Crippen LogP contribution in [-0.2, 0) is 0 Å². The number of carbonyl (C=O) groups is 1. The van der Waals surface area contributed by atoms with Crippen LogP contribution in [0.3, 0.4) is 0 Å². The van der Waals surface area contributed by atoms with E-state index in [9.17, 15) is 9.18 Å². The van der Waals surface area contributed by atoms with Crippen LogP contribution in [0, 0.1) is 5.82 Å². The molecule has 98 valence electrons. The Morgan fingerprint density at radius 2 is 1.74 bits per heavy atom. The standard InChI is InChI=1S/C15H15FN2O/c1-17-12-9-7-11(8-10-12)15(19)18(2)14-6-4-3-5-13(14)16/h3-10,17H,1-2H3. The summed E-state index contributed by atoms with van der Waals surface area (Å²) in [6.45, 7) is 0. The number of nitrogens with zero attached hydrogens (tertiary/aromatic N) is 1. The van der Waals surface area contributed by atoms with Gasteiger partial charge in [0, 0.05) is 25.3 Å². The van der Waals surface area contributed by atoms with Gasteiger partial charge in [0.25, 0.3) is 5.91 Å². The van der Waals surface area contributed by atoms with Crippen molar-refractivity contribution in [1.82, 2.24) is 0 Å².